The first-order valence-corrected chi connectivity index (χ1v) is 9.11. The van der Waals surface area contributed by atoms with Crippen molar-refractivity contribution in [2.75, 3.05) is 11.9 Å². The Bertz CT molecular complexity index is 1150. The molecule has 140 valence electrons. The van der Waals surface area contributed by atoms with Gasteiger partial charge in [-0.05, 0) is 49.4 Å². The fourth-order valence-electron chi connectivity index (χ4n) is 2.81. The van der Waals surface area contributed by atoms with Crippen LogP contribution < -0.4 is 10.1 Å². The van der Waals surface area contributed by atoms with Crippen molar-refractivity contribution < 1.29 is 13.9 Å². The number of hydrogen-bond donors (Lipinski definition) is 1. The van der Waals surface area contributed by atoms with Gasteiger partial charge in [0.15, 0.2) is 12.2 Å². The molecule has 3 aromatic carbocycles. The van der Waals surface area contributed by atoms with E-state index in [1.165, 1.54) is 0 Å². The SMILES string of the molecule is Cc1cccc(-c2nc3cc(NC(=O)COc4ccccc4Cl)ccc3o2)c1. The van der Waals surface area contributed by atoms with Crippen LogP contribution in [0.4, 0.5) is 5.69 Å². The second-order valence-electron chi connectivity index (χ2n) is 6.34. The zero-order chi connectivity index (χ0) is 19.5. The fraction of sp³-hybridized carbons (Fsp3) is 0.0909. The summed E-state index contributed by atoms with van der Waals surface area (Å²) < 4.78 is 11.3. The normalized spacial score (nSPS) is 10.8. The molecule has 28 heavy (non-hydrogen) atoms. The van der Waals surface area contributed by atoms with E-state index in [1.807, 2.05) is 31.2 Å². The summed E-state index contributed by atoms with van der Waals surface area (Å²) >= 11 is 6.02. The predicted octanol–water partition coefficient (Wildman–Crippen LogP) is 5.47. The zero-order valence-electron chi connectivity index (χ0n) is 15.1. The molecule has 0 bridgehead atoms. The molecule has 4 rings (SSSR count). The van der Waals surface area contributed by atoms with Gasteiger partial charge in [-0.1, -0.05) is 41.4 Å². The smallest absolute Gasteiger partial charge is 0.262 e. The summed E-state index contributed by atoms with van der Waals surface area (Å²) in [5, 5.41) is 3.25. The van der Waals surface area contributed by atoms with E-state index in [4.69, 9.17) is 20.8 Å². The molecule has 4 aromatic rings. The van der Waals surface area contributed by atoms with Crippen molar-refractivity contribution in [1.82, 2.24) is 4.98 Å². The highest BCUT2D eigenvalue weighted by molar-refractivity contribution is 6.32. The standard InChI is InChI=1S/C22H17ClN2O3/c1-14-5-4-6-15(11-14)22-25-18-12-16(9-10-20(18)28-22)24-21(26)13-27-19-8-3-2-7-17(19)23/h2-12H,13H2,1H3,(H,24,26). The lowest BCUT2D eigenvalue weighted by molar-refractivity contribution is -0.118. The third-order valence-electron chi connectivity index (χ3n) is 4.13. The summed E-state index contributed by atoms with van der Waals surface area (Å²) in [6.07, 6.45) is 0. The summed E-state index contributed by atoms with van der Waals surface area (Å²) in [6.45, 7) is 1.87. The van der Waals surface area contributed by atoms with Crippen LogP contribution in [0.5, 0.6) is 5.75 Å². The number of oxazole rings is 1. The Kier molecular flexibility index (Phi) is 5.00. The summed E-state index contributed by atoms with van der Waals surface area (Å²) in [5.74, 6) is 0.722. The van der Waals surface area contributed by atoms with Crippen molar-refractivity contribution in [1.29, 1.82) is 0 Å². The van der Waals surface area contributed by atoms with E-state index >= 15 is 0 Å². The van der Waals surface area contributed by atoms with Crippen LogP contribution in [0.3, 0.4) is 0 Å². The van der Waals surface area contributed by atoms with E-state index in [9.17, 15) is 4.79 Å². The zero-order valence-corrected chi connectivity index (χ0v) is 15.9. The van der Waals surface area contributed by atoms with E-state index in [-0.39, 0.29) is 12.5 Å². The Labute approximate surface area is 166 Å². The van der Waals surface area contributed by atoms with E-state index < -0.39 is 0 Å². The molecular weight excluding hydrogens is 376 g/mol. The number of hydrogen-bond acceptors (Lipinski definition) is 4. The van der Waals surface area contributed by atoms with Gasteiger partial charge in [0.2, 0.25) is 5.89 Å². The molecule has 0 spiro atoms. The first kappa shape index (κ1) is 18.1. The van der Waals surface area contributed by atoms with Gasteiger partial charge in [-0.25, -0.2) is 4.98 Å². The van der Waals surface area contributed by atoms with Crippen molar-refractivity contribution >= 4 is 34.3 Å². The van der Waals surface area contributed by atoms with Gasteiger partial charge in [-0.2, -0.15) is 0 Å². The van der Waals surface area contributed by atoms with Crippen LogP contribution >= 0.6 is 11.6 Å². The lowest BCUT2D eigenvalue weighted by atomic mass is 10.1. The average Bonchev–Trinajstić information content (AvgIpc) is 3.11. The minimum absolute atomic E-state index is 0.144. The number of nitrogens with zero attached hydrogens (tertiary/aromatic N) is 1. The molecule has 0 saturated carbocycles. The van der Waals surface area contributed by atoms with Crippen LogP contribution in [0, 0.1) is 6.92 Å². The molecule has 1 amide bonds. The Morgan fingerprint density at radius 2 is 1.96 bits per heavy atom. The number of nitrogens with one attached hydrogen (secondary N) is 1. The summed E-state index contributed by atoms with van der Waals surface area (Å²) in [7, 11) is 0. The molecule has 0 aliphatic carbocycles. The first-order chi connectivity index (χ1) is 13.6. The number of para-hydroxylation sites is 1. The van der Waals surface area contributed by atoms with Gasteiger partial charge in [-0.3, -0.25) is 4.79 Å². The van der Waals surface area contributed by atoms with Crippen LogP contribution in [-0.2, 0) is 4.79 Å². The number of aryl methyl sites for hydroxylation is 1. The monoisotopic (exact) mass is 392 g/mol. The number of amides is 1. The number of carbonyl (C=O) groups is 1. The number of fused-ring (bicyclic) bond motifs is 1. The number of anilines is 1. The highest BCUT2D eigenvalue weighted by atomic mass is 35.5. The fourth-order valence-corrected chi connectivity index (χ4v) is 3.00. The number of ether oxygens (including phenoxy) is 1. The third-order valence-corrected chi connectivity index (χ3v) is 4.44. The van der Waals surface area contributed by atoms with Gasteiger partial charge < -0.3 is 14.5 Å². The minimum Gasteiger partial charge on any atom is -0.482 e. The summed E-state index contributed by atoms with van der Waals surface area (Å²) in [5.41, 5.74) is 3.98. The van der Waals surface area contributed by atoms with Crippen LogP contribution in [0.2, 0.25) is 5.02 Å². The van der Waals surface area contributed by atoms with Crippen molar-refractivity contribution in [3.05, 3.63) is 77.3 Å². The molecule has 6 heteroatoms. The second kappa shape index (κ2) is 7.74. The molecule has 0 radical (unpaired) electrons. The third kappa shape index (κ3) is 4.00. The molecule has 0 saturated heterocycles. The van der Waals surface area contributed by atoms with Gasteiger partial charge in [0.05, 0.1) is 5.02 Å². The van der Waals surface area contributed by atoms with Gasteiger partial charge in [0.1, 0.15) is 11.3 Å². The van der Waals surface area contributed by atoms with E-state index in [0.29, 0.717) is 33.4 Å². The molecule has 1 heterocycles. The minimum atomic E-state index is -0.290. The lowest BCUT2D eigenvalue weighted by Gasteiger charge is -2.08. The van der Waals surface area contributed by atoms with Crippen LogP contribution in [0.1, 0.15) is 5.56 Å². The van der Waals surface area contributed by atoms with Crippen molar-refractivity contribution in [3.8, 4) is 17.2 Å². The Balaban J connectivity index is 1.47. The van der Waals surface area contributed by atoms with Crippen molar-refractivity contribution in [3.63, 3.8) is 0 Å². The molecule has 0 aliphatic rings. The highest BCUT2D eigenvalue weighted by Crippen LogP contribution is 2.27. The largest absolute Gasteiger partial charge is 0.482 e. The second-order valence-corrected chi connectivity index (χ2v) is 6.75. The Morgan fingerprint density at radius 1 is 1.11 bits per heavy atom. The summed E-state index contributed by atoms with van der Waals surface area (Å²) in [6, 6.07) is 20.3. The number of carbonyl (C=O) groups excluding carboxylic acids is 1. The quantitative estimate of drug-likeness (QED) is 0.488. The molecule has 1 N–H and O–H groups in total. The van der Waals surface area contributed by atoms with Gasteiger partial charge >= 0.3 is 0 Å². The van der Waals surface area contributed by atoms with Crippen LogP contribution in [0.25, 0.3) is 22.6 Å². The molecule has 0 atom stereocenters. The van der Waals surface area contributed by atoms with E-state index in [1.54, 1.807) is 42.5 Å². The number of aromatic nitrogens is 1. The molecule has 5 nitrogen and oxygen atoms in total. The first-order valence-electron chi connectivity index (χ1n) is 8.73. The van der Waals surface area contributed by atoms with Crippen LogP contribution in [-0.4, -0.2) is 17.5 Å². The van der Waals surface area contributed by atoms with E-state index in [2.05, 4.69) is 10.3 Å². The van der Waals surface area contributed by atoms with E-state index in [0.717, 1.165) is 11.1 Å². The van der Waals surface area contributed by atoms with Crippen LogP contribution in [0.15, 0.2) is 71.1 Å². The lowest BCUT2D eigenvalue weighted by Crippen LogP contribution is -2.20. The van der Waals surface area contributed by atoms with Crippen molar-refractivity contribution in [2.45, 2.75) is 6.92 Å². The number of benzene rings is 3. The Morgan fingerprint density at radius 3 is 2.79 bits per heavy atom. The number of rotatable bonds is 5. The van der Waals surface area contributed by atoms with Gasteiger partial charge in [0.25, 0.3) is 5.91 Å². The molecule has 0 fully saturated rings. The average molecular weight is 393 g/mol. The molecular formula is C22H17ClN2O3. The molecule has 1 aromatic heterocycles. The van der Waals surface area contributed by atoms with Gasteiger partial charge in [0, 0.05) is 11.3 Å². The summed E-state index contributed by atoms with van der Waals surface area (Å²) in [4.78, 5) is 16.7. The molecule has 0 unspecified atom stereocenters. The maximum atomic E-state index is 12.2. The Hall–Kier alpha value is -3.31. The predicted molar refractivity (Wildman–Crippen MR) is 110 cm³/mol. The maximum Gasteiger partial charge on any atom is 0.262 e. The number of halogens is 1. The van der Waals surface area contributed by atoms with Gasteiger partial charge in [-0.15, -0.1) is 0 Å². The maximum absolute atomic E-state index is 12.2. The molecule has 0 aliphatic heterocycles. The highest BCUT2D eigenvalue weighted by Gasteiger charge is 2.11. The topological polar surface area (TPSA) is 64.4 Å². The van der Waals surface area contributed by atoms with Crippen molar-refractivity contribution in [2.24, 2.45) is 0 Å².